The van der Waals surface area contributed by atoms with Crippen LogP contribution in [0.3, 0.4) is 0 Å². The minimum atomic E-state index is -0.413. The number of amides is 1. The van der Waals surface area contributed by atoms with Crippen molar-refractivity contribution in [3.8, 4) is 0 Å². The first kappa shape index (κ1) is 12.9. The van der Waals surface area contributed by atoms with Crippen LogP contribution >= 0.6 is 11.3 Å². The van der Waals surface area contributed by atoms with Gasteiger partial charge in [-0.15, -0.1) is 0 Å². The van der Waals surface area contributed by atoms with Crippen molar-refractivity contribution in [3.63, 3.8) is 0 Å². The molecule has 1 atom stereocenters. The third kappa shape index (κ3) is 2.47. The first-order valence-electron chi connectivity index (χ1n) is 6.64. The van der Waals surface area contributed by atoms with Gasteiger partial charge in [0.2, 0.25) is 5.91 Å². The smallest absolute Gasteiger partial charge is 0.239 e. The highest BCUT2D eigenvalue weighted by Crippen LogP contribution is 2.44. The van der Waals surface area contributed by atoms with E-state index in [1.165, 1.54) is 11.3 Å². The Labute approximate surface area is 116 Å². The molecule has 1 unspecified atom stereocenters. The van der Waals surface area contributed by atoms with Gasteiger partial charge in [-0.1, -0.05) is 25.2 Å². The zero-order valence-electron chi connectivity index (χ0n) is 11.3. The third-order valence-electron chi connectivity index (χ3n) is 3.72. The molecule has 1 aliphatic carbocycles. The summed E-state index contributed by atoms with van der Waals surface area (Å²) in [7, 11) is 0. The number of hydrogen-bond acceptors (Lipinski definition) is 5. The van der Waals surface area contributed by atoms with Crippen molar-refractivity contribution in [3.05, 3.63) is 10.6 Å². The number of nitrogens with one attached hydrogen (secondary N) is 1. The number of nitrogens with zero attached hydrogens (tertiary/aromatic N) is 2. The van der Waals surface area contributed by atoms with Crippen molar-refractivity contribution in [2.24, 2.45) is 5.41 Å². The fourth-order valence-electron chi connectivity index (χ4n) is 2.82. The molecule has 2 heterocycles. The van der Waals surface area contributed by atoms with Gasteiger partial charge in [0.05, 0.1) is 23.2 Å². The Morgan fingerprint density at radius 2 is 2.32 bits per heavy atom. The van der Waals surface area contributed by atoms with Crippen LogP contribution in [0.4, 0.5) is 5.13 Å². The van der Waals surface area contributed by atoms with E-state index in [4.69, 9.17) is 0 Å². The summed E-state index contributed by atoms with van der Waals surface area (Å²) < 4.78 is 0. The Kier molecular flexibility index (Phi) is 3.02. The van der Waals surface area contributed by atoms with E-state index in [-0.39, 0.29) is 11.3 Å². The second-order valence-corrected chi connectivity index (χ2v) is 7.15. The number of aliphatic hydroxyl groups excluding tert-OH is 1. The molecule has 1 aromatic heterocycles. The van der Waals surface area contributed by atoms with Crippen LogP contribution < -0.4 is 10.2 Å². The number of carbonyl (C=O) groups is 1. The Morgan fingerprint density at radius 3 is 3.05 bits per heavy atom. The van der Waals surface area contributed by atoms with Crippen LogP contribution in [-0.4, -0.2) is 35.6 Å². The van der Waals surface area contributed by atoms with Gasteiger partial charge in [-0.2, -0.15) is 0 Å². The Morgan fingerprint density at radius 1 is 1.53 bits per heavy atom. The lowest BCUT2D eigenvalue weighted by Crippen LogP contribution is -2.47. The molecule has 0 radical (unpaired) electrons. The topological polar surface area (TPSA) is 65.5 Å². The van der Waals surface area contributed by atoms with Crippen molar-refractivity contribution < 1.29 is 9.90 Å². The molecule has 1 aromatic rings. The predicted molar refractivity (Wildman–Crippen MR) is 74.4 cm³/mol. The summed E-state index contributed by atoms with van der Waals surface area (Å²) in [5.74, 6) is 0.0419. The molecule has 1 fully saturated rings. The number of hydrogen-bond donors (Lipinski definition) is 2. The van der Waals surface area contributed by atoms with Crippen molar-refractivity contribution in [2.45, 2.75) is 32.8 Å². The largest absolute Gasteiger partial charge is 0.387 e. The minimum Gasteiger partial charge on any atom is -0.387 e. The van der Waals surface area contributed by atoms with Gasteiger partial charge in [0.1, 0.15) is 0 Å². The average Bonchev–Trinajstić information content (AvgIpc) is 2.71. The highest BCUT2D eigenvalue weighted by atomic mass is 32.1. The van der Waals surface area contributed by atoms with Crippen LogP contribution in [0.2, 0.25) is 0 Å². The summed E-state index contributed by atoms with van der Waals surface area (Å²) in [6.07, 6.45) is 1.27. The summed E-state index contributed by atoms with van der Waals surface area (Å²) in [5, 5.41) is 13.9. The lowest BCUT2D eigenvalue weighted by molar-refractivity contribution is -0.120. The molecule has 2 N–H and O–H groups in total. The van der Waals surface area contributed by atoms with Crippen LogP contribution in [0.1, 0.15) is 36.9 Å². The number of carbonyl (C=O) groups excluding carboxylic acids is 1. The van der Waals surface area contributed by atoms with Gasteiger partial charge in [-0.05, 0) is 18.3 Å². The van der Waals surface area contributed by atoms with Crippen molar-refractivity contribution in [1.82, 2.24) is 10.3 Å². The van der Waals surface area contributed by atoms with E-state index in [0.717, 1.165) is 35.1 Å². The van der Waals surface area contributed by atoms with Crippen molar-refractivity contribution >= 4 is 22.4 Å². The number of aromatic nitrogens is 1. The summed E-state index contributed by atoms with van der Waals surface area (Å²) in [4.78, 5) is 19.1. The van der Waals surface area contributed by atoms with Crippen LogP contribution in [0, 0.1) is 5.41 Å². The normalized spacial score (nSPS) is 25.9. The van der Waals surface area contributed by atoms with Gasteiger partial charge in [-0.3, -0.25) is 4.79 Å². The lowest BCUT2D eigenvalue weighted by Gasteiger charge is -2.31. The second-order valence-electron chi connectivity index (χ2n) is 6.14. The summed E-state index contributed by atoms with van der Waals surface area (Å²) >= 11 is 1.54. The SMILES string of the molecule is CC1(C)Cc2nc(N3CCNC(=O)C3)sc2C(O)C1. The molecule has 1 aliphatic heterocycles. The van der Waals surface area contributed by atoms with E-state index in [1.807, 2.05) is 4.90 Å². The Balaban J connectivity index is 1.88. The maximum absolute atomic E-state index is 11.4. The predicted octanol–water partition coefficient (Wildman–Crippen LogP) is 1.09. The first-order valence-corrected chi connectivity index (χ1v) is 7.46. The maximum Gasteiger partial charge on any atom is 0.239 e. The van der Waals surface area contributed by atoms with Crippen LogP contribution in [0.5, 0.6) is 0 Å². The van der Waals surface area contributed by atoms with Crippen LogP contribution in [0.25, 0.3) is 0 Å². The number of fused-ring (bicyclic) bond motifs is 1. The molecule has 1 saturated heterocycles. The monoisotopic (exact) mass is 281 g/mol. The molecule has 5 nitrogen and oxygen atoms in total. The highest BCUT2D eigenvalue weighted by molar-refractivity contribution is 7.15. The van der Waals surface area contributed by atoms with Gasteiger partial charge in [-0.25, -0.2) is 4.98 Å². The molecule has 19 heavy (non-hydrogen) atoms. The maximum atomic E-state index is 11.4. The van der Waals surface area contributed by atoms with E-state index in [0.29, 0.717) is 13.1 Å². The van der Waals surface area contributed by atoms with Crippen LogP contribution in [0.15, 0.2) is 0 Å². The van der Waals surface area contributed by atoms with Gasteiger partial charge < -0.3 is 15.3 Å². The number of rotatable bonds is 1. The minimum absolute atomic E-state index is 0.0419. The Hall–Kier alpha value is -1.14. The molecule has 0 saturated carbocycles. The molecule has 0 aromatic carbocycles. The molecule has 0 bridgehead atoms. The number of piperazine rings is 1. The second kappa shape index (κ2) is 4.45. The summed E-state index contributed by atoms with van der Waals surface area (Å²) in [6, 6.07) is 0. The molecule has 0 spiro atoms. The van der Waals surface area contributed by atoms with E-state index >= 15 is 0 Å². The van der Waals surface area contributed by atoms with Gasteiger partial charge in [0.25, 0.3) is 0 Å². The first-order chi connectivity index (χ1) is 8.94. The number of aliphatic hydroxyl groups is 1. The molecule has 2 aliphatic rings. The molecular weight excluding hydrogens is 262 g/mol. The molecule has 6 heteroatoms. The molecule has 3 rings (SSSR count). The van der Waals surface area contributed by atoms with E-state index in [9.17, 15) is 9.90 Å². The van der Waals surface area contributed by atoms with E-state index in [2.05, 4.69) is 24.1 Å². The molecule has 104 valence electrons. The molecule has 1 amide bonds. The van der Waals surface area contributed by atoms with E-state index < -0.39 is 6.10 Å². The quantitative estimate of drug-likeness (QED) is 0.808. The van der Waals surface area contributed by atoms with Gasteiger partial charge in [0, 0.05) is 13.1 Å². The van der Waals surface area contributed by atoms with E-state index in [1.54, 1.807) is 0 Å². The summed E-state index contributed by atoms with van der Waals surface area (Å²) in [5.41, 5.74) is 1.10. The van der Waals surface area contributed by atoms with Gasteiger partial charge in [0.15, 0.2) is 5.13 Å². The third-order valence-corrected chi connectivity index (χ3v) is 4.98. The number of anilines is 1. The average molecular weight is 281 g/mol. The zero-order chi connectivity index (χ0) is 13.6. The highest BCUT2D eigenvalue weighted by Gasteiger charge is 2.35. The van der Waals surface area contributed by atoms with Crippen molar-refractivity contribution in [1.29, 1.82) is 0 Å². The molecular formula is C13H19N3O2S. The standard InChI is InChI=1S/C13H19N3O2S/c1-13(2)5-8-11(9(17)6-13)19-12(15-8)16-4-3-14-10(18)7-16/h9,17H,3-7H2,1-2H3,(H,14,18). The Bertz CT molecular complexity index is 512. The fourth-order valence-corrected chi connectivity index (χ4v) is 3.91. The lowest BCUT2D eigenvalue weighted by atomic mass is 9.77. The van der Waals surface area contributed by atoms with Gasteiger partial charge >= 0.3 is 0 Å². The van der Waals surface area contributed by atoms with Crippen molar-refractivity contribution in [2.75, 3.05) is 24.5 Å². The summed E-state index contributed by atoms with van der Waals surface area (Å²) in [6.45, 7) is 6.14. The van der Waals surface area contributed by atoms with Crippen LogP contribution in [-0.2, 0) is 11.2 Å². The number of thiazole rings is 1. The fraction of sp³-hybridized carbons (Fsp3) is 0.692. The zero-order valence-corrected chi connectivity index (χ0v) is 12.1.